The molecule has 35 heavy (non-hydrogen) atoms. The van der Waals surface area contributed by atoms with Crippen LogP contribution in [0.3, 0.4) is 0 Å². The van der Waals surface area contributed by atoms with Crippen molar-refractivity contribution in [2.24, 2.45) is 10.9 Å². The zero-order valence-electron chi connectivity index (χ0n) is 19.8. The molecule has 9 nitrogen and oxygen atoms in total. The van der Waals surface area contributed by atoms with Crippen molar-refractivity contribution in [1.82, 2.24) is 14.5 Å². The number of rotatable bonds is 6. The average Bonchev–Trinajstić information content (AvgIpc) is 3.09. The van der Waals surface area contributed by atoms with Crippen LogP contribution in [-0.2, 0) is 16.6 Å². The molecule has 0 spiro atoms. The molecule has 0 atom stereocenters. The third-order valence-electron chi connectivity index (χ3n) is 5.67. The maximum absolute atomic E-state index is 13.1. The zero-order valence-corrected chi connectivity index (χ0v) is 20.6. The highest BCUT2D eigenvalue weighted by Gasteiger charge is 2.19. The molecule has 0 saturated heterocycles. The lowest BCUT2D eigenvalue weighted by Crippen LogP contribution is -2.30. The first kappa shape index (κ1) is 24.6. The summed E-state index contributed by atoms with van der Waals surface area (Å²) in [5.74, 6) is 0.166. The summed E-state index contributed by atoms with van der Waals surface area (Å²) in [5, 5.41) is 7.98. The SMILES string of the molecule is CC(C)Cn1nc(C(=O)Nc2ccc(S(=O)(=O)NC3=NCCCCC3)cc2)c2ccccc2c1=O. The Bertz CT molecular complexity index is 1430. The van der Waals surface area contributed by atoms with Crippen LogP contribution in [0.25, 0.3) is 10.8 Å². The van der Waals surface area contributed by atoms with Crippen LogP contribution in [0.5, 0.6) is 0 Å². The lowest BCUT2D eigenvalue weighted by Gasteiger charge is -2.13. The highest BCUT2D eigenvalue weighted by Crippen LogP contribution is 2.18. The third-order valence-corrected chi connectivity index (χ3v) is 7.07. The number of hydrogen-bond donors (Lipinski definition) is 2. The molecular formula is C25H29N5O4S. The number of sulfonamides is 1. The Balaban J connectivity index is 1.56. The monoisotopic (exact) mass is 495 g/mol. The van der Waals surface area contributed by atoms with Crippen molar-refractivity contribution in [1.29, 1.82) is 0 Å². The Morgan fingerprint density at radius 3 is 2.46 bits per heavy atom. The van der Waals surface area contributed by atoms with Crippen molar-refractivity contribution in [3.8, 4) is 0 Å². The molecule has 0 unspecified atom stereocenters. The summed E-state index contributed by atoms with van der Waals surface area (Å²) >= 11 is 0. The quantitative estimate of drug-likeness (QED) is 0.541. The molecule has 0 fully saturated rings. The molecule has 2 heterocycles. The highest BCUT2D eigenvalue weighted by molar-refractivity contribution is 7.90. The number of hydrogen-bond acceptors (Lipinski definition) is 6. The Morgan fingerprint density at radius 1 is 1.03 bits per heavy atom. The van der Waals surface area contributed by atoms with Gasteiger partial charge < -0.3 is 5.32 Å². The smallest absolute Gasteiger partial charge is 0.276 e. The number of anilines is 1. The molecule has 0 saturated carbocycles. The third kappa shape index (κ3) is 5.76. The van der Waals surface area contributed by atoms with Gasteiger partial charge in [0.05, 0.1) is 10.3 Å². The average molecular weight is 496 g/mol. The molecule has 1 aromatic heterocycles. The molecule has 1 aliphatic rings. The molecule has 184 valence electrons. The van der Waals surface area contributed by atoms with Crippen molar-refractivity contribution in [2.45, 2.75) is 51.0 Å². The first-order valence-corrected chi connectivity index (χ1v) is 13.2. The van der Waals surface area contributed by atoms with Crippen LogP contribution < -0.4 is 15.6 Å². The highest BCUT2D eigenvalue weighted by atomic mass is 32.2. The summed E-state index contributed by atoms with van der Waals surface area (Å²) in [4.78, 5) is 30.3. The zero-order chi connectivity index (χ0) is 25.0. The van der Waals surface area contributed by atoms with E-state index in [4.69, 9.17) is 0 Å². The number of nitrogens with zero attached hydrogens (tertiary/aromatic N) is 3. The van der Waals surface area contributed by atoms with Gasteiger partial charge in [-0.05, 0) is 49.1 Å². The standard InChI is InChI=1S/C25H29N5O4S/c1-17(2)16-30-25(32)21-9-6-5-8-20(21)23(28-30)24(31)27-18-11-13-19(14-12-18)35(33,34)29-22-10-4-3-7-15-26-22/h5-6,8-9,11-14,17H,3-4,7,10,15-16H2,1-2H3,(H,26,29)(H,27,31). The van der Waals surface area contributed by atoms with Crippen LogP contribution in [0.2, 0.25) is 0 Å². The van der Waals surface area contributed by atoms with Gasteiger partial charge in [0.15, 0.2) is 5.69 Å². The largest absolute Gasteiger partial charge is 0.321 e. The lowest BCUT2D eigenvalue weighted by molar-refractivity contribution is 0.102. The van der Waals surface area contributed by atoms with Crippen molar-refractivity contribution in [3.05, 3.63) is 64.6 Å². The number of aliphatic imine (C=N–C) groups is 1. The molecule has 0 aliphatic carbocycles. The molecule has 1 aliphatic heterocycles. The Labute approximate surface area is 204 Å². The first-order valence-electron chi connectivity index (χ1n) is 11.7. The van der Waals surface area contributed by atoms with Gasteiger partial charge in [-0.2, -0.15) is 5.10 Å². The van der Waals surface area contributed by atoms with Crippen molar-refractivity contribution in [2.75, 3.05) is 11.9 Å². The van der Waals surface area contributed by atoms with Gasteiger partial charge in [0.25, 0.3) is 21.5 Å². The van der Waals surface area contributed by atoms with E-state index in [0.717, 1.165) is 19.3 Å². The number of nitrogens with one attached hydrogen (secondary N) is 2. The van der Waals surface area contributed by atoms with Crippen LogP contribution in [0, 0.1) is 5.92 Å². The van der Waals surface area contributed by atoms with Crippen LogP contribution in [0.1, 0.15) is 50.0 Å². The van der Waals surface area contributed by atoms with E-state index in [2.05, 4.69) is 20.1 Å². The second-order valence-corrected chi connectivity index (χ2v) is 10.7. The second kappa shape index (κ2) is 10.4. The summed E-state index contributed by atoms with van der Waals surface area (Å²) in [7, 11) is -3.77. The molecule has 2 aromatic carbocycles. The van der Waals surface area contributed by atoms with Crippen molar-refractivity contribution < 1.29 is 13.2 Å². The predicted molar refractivity (Wildman–Crippen MR) is 136 cm³/mol. The number of fused-ring (bicyclic) bond motifs is 1. The molecule has 0 bridgehead atoms. The normalized spacial score (nSPS) is 14.4. The molecule has 10 heteroatoms. The number of carbonyl (C=O) groups excluding carboxylic acids is 1. The Hall–Kier alpha value is -3.53. The van der Waals surface area contributed by atoms with E-state index >= 15 is 0 Å². The lowest BCUT2D eigenvalue weighted by atomic mass is 10.1. The van der Waals surface area contributed by atoms with Gasteiger partial charge in [-0.3, -0.25) is 19.3 Å². The van der Waals surface area contributed by atoms with Gasteiger partial charge in [0.2, 0.25) is 0 Å². The van der Waals surface area contributed by atoms with Gasteiger partial charge in [-0.15, -0.1) is 0 Å². The summed E-state index contributed by atoms with van der Waals surface area (Å²) in [6.07, 6.45) is 3.49. The van der Waals surface area contributed by atoms with E-state index in [1.807, 2.05) is 13.8 Å². The van der Waals surface area contributed by atoms with E-state index in [-0.39, 0.29) is 22.1 Å². The summed E-state index contributed by atoms with van der Waals surface area (Å²) in [6.45, 7) is 4.94. The fraction of sp³-hybridized carbons (Fsp3) is 0.360. The maximum atomic E-state index is 13.1. The number of amides is 1. The number of carbonyl (C=O) groups is 1. The van der Waals surface area contributed by atoms with Crippen LogP contribution in [0.4, 0.5) is 5.69 Å². The number of benzene rings is 2. The van der Waals surface area contributed by atoms with Gasteiger partial charge in [0, 0.05) is 30.6 Å². The summed E-state index contributed by atoms with van der Waals surface area (Å²) < 4.78 is 29.4. The van der Waals surface area contributed by atoms with E-state index in [1.165, 1.54) is 28.9 Å². The van der Waals surface area contributed by atoms with Gasteiger partial charge in [-0.1, -0.05) is 38.5 Å². The number of amidine groups is 1. The Morgan fingerprint density at radius 2 is 1.74 bits per heavy atom. The van der Waals surface area contributed by atoms with E-state index in [9.17, 15) is 18.0 Å². The summed E-state index contributed by atoms with van der Waals surface area (Å²) in [6, 6.07) is 12.8. The van der Waals surface area contributed by atoms with Crippen molar-refractivity contribution in [3.63, 3.8) is 0 Å². The molecular weight excluding hydrogens is 466 g/mol. The maximum Gasteiger partial charge on any atom is 0.276 e. The number of aromatic nitrogens is 2. The predicted octanol–water partition coefficient (Wildman–Crippen LogP) is 3.56. The fourth-order valence-corrected chi connectivity index (χ4v) is 5.04. The van der Waals surface area contributed by atoms with Gasteiger partial charge in [0.1, 0.15) is 5.84 Å². The topological polar surface area (TPSA) is 123 Å². The first-order chi connectivity index (χ1) is 16.7. The van der Waals surface area contributed by atoms with Crippen LogP contribution in [-0.4, -0.2) is 36.5 Å². The molecule has 2 N–H and O–H groups in total. The molecule has 4 rings (SSSR count). The minimum absolute atomic E-state index is 0.0801. The van der Waals surface area contributed by atoms with E-state index in [1.54, 1.807) is 24.3 Å². The molecule has 3 aromatic rings. The van der Waals surface area contributed by atoms with Gasteiger partial charge >= 0.3 is 0 Å². The second-order valence-electron chi connectivity index (χ2n) is 9.00. The molecule has 1 amide bonds. The fourth-order valence-electron chi connectivity index (χ4n) is 3.95. The van der Waals surface area contributed by atoms with Crippen molar-refractivity contribution >= 4 is 38.2 Å². The van der Waals surface area contributed by atoms with Crippen LogP contribution >= 0.6 is 0 Å². The Kier molecular flexibility index (Phi) is 7.30. The van der Waals surface area contributed by atoms with Crippen LogP contribution in [0.15, 0.2) is 63.2 Å². The van der Waals surface area contributed by atoms with E-state index in [0.29, 0.717) is 41.8 Å². The van der Waals surface area contributed by atoms with E-state index < -0.39 is 15.9 Å². The minimum Gasteiger partial charge on any atom is -0.321 e. The molecule has 0 radical (unpaired) electrons. The van der Waals surface area contributed by atoms with Gasteiger partial charge in [-0.25, -0.2) is 13.1 Å². The summed E-state index contributed by atoms with van der Waals surface area (Å²) in [5.41, 5.74) is 0.296. The minimum atomic E-state index is -3.77.